The lowest BCUT2D eigenvalue weighted by Gasteiger charge is -2.28. The second-order valence-corrected chi connectivity index (χ2v) is 4.56. The molecule has 0 bridgehead atoms. The van der Waals surface area contributed by atoms with Crippen LogP contribution >= 0.6 is 0 Å². The molecule has 1 saturated heterocycles. The maximum absolute atomic E-state index is 3.61. The van der Waals surface area contributed by atoms with Gasteiger partial charge in [0.1, 0.15) is 0 Å². The van der Waals surface area contributed by atoms with Gasteiger partial charge in [0.2, 0.25) is 0 Å². The SMILES string of the molecule is Cc1cccc(C2CCC(C)CN2)c1. The number of hydrogen-bond donors (Lipinski definition) is 1. The van der Waals surface area contributed by atoms with Crippen LogP contribution < -0.4 is 5.32 Å². The van der Waals surface area contributed by atoms with Gasteiger partial charge in [-0.1, -0.05) is 36.8 Å². The van der Waals surface area contributed by atoms with E-state index in [4.69, 9.17) is 0 Å². The van der Waals surface area contributed by atoms with E-state index in [-0.39, 0.29) is 0 Å². The number of aryl methyl sites for hydroxylation is 1. The molecule has 1 aromatic rings. The lowest BCUT2D eigenvalue weighted by atomic mass is 9.91. The van der Waals surface area contributed by atoms with Crippen molar-refractivity contribution in [2.24, 2.45) is 5.92 Å². The minimum absolute atomic E-state index is 0.589. The van der Waals surface area contributed by atoms with E-state index in [2.05, 4.69) is 43.4 Å². The van der Waals surface area contributed by atoms with Crippen molar-refractivity contribution in [2.45, 2.75) is 32.7 Å². The predicted octanol–water partition coefficient (Wildman–Crippen LogP) is 3.06. The summed E-state index contributed by atoms with van der Waals surface area (Å²) in [4.78, 5) is 0. The summed E-state index contributed by atoms with van der Waals surface area (Å²) >= 11 is 0. The molecule has 1 aliphatic rings. The summed E-state index contributed by atoms with van der Waals surface area (Å²) in [5.74, 6) is 0.844. The Hall–Kier alpha value is -0.820. The van der Waals surface area contributed by atoms with Crippen LogP contribution in [0.5, 0.6) is 0 Å². The minimum atomic E-state index is 0.589. The summed E-state index contributed by atoms with van der Waals surface area (Å²) in [7, 11) is 0. The number of nitrogens with one attached hydrogen (secondary N) is 1. The van der Waals surface area contributed by atoms with Crippen LogP contribution in [0.1, 0.15) is 36.9 Å². The fourth-order valence-corrected chi connectivity index (χ4v) is 2.17. The van der Waals surface area contributed by atoms with Crippen LogP contribution in [0.15, 0.2) is 24.3 Å². The van der Waals surface area contributed by atoms with Crippen LogP contribution in [-0.4, -0.2) is 6.54 Å². The Labute approximate surface area is 86.5 Å². The summed E-state index contributed by atoms with van der Waals surface area (Å²) in [6, 6.07) is 9.44. The fourth-order valence-electron chi connectivity index (χ4n) is 2.17. The predicted molar refractivity (Wildman–Crippen MR) is 60.3 cm³/mol. The number of benzene rings is 1. The Kier molecular flexibility index (Phi) is 2.87. The smallest absolute Gasteiger partial charge is 0.0320 e. The second-order valence-electron chi connectivity index (χ2n) is 4.56. The molecule has 0 radical (unpaired) electrons. The molecule has 2 unspecified atom stereocenters. The molecule has 0 aliphatic carbocycles. The van der Waals surface area contributed by atoms with Gasteiger partial charge in [0.05, 0.1) is 0 Å². The van der Waals surface area contributed by atoms with Crippen molar-refractivity contribution in [3.05, 3.63) is 35.4 Å². The Balaban J connectivity index is 2.08. The maximum Gasteiger partial charge on any atom is 0.0320 e. The van der Waals surface area contributed by atoms with Gasteiger partial charge in [-0.25, -0.2) is 0 Å². The number of rotatable bonds is 1. The average molecular weight is 189 g/mol. The van der Waals surface area contributed by atoms with Crippen molar-refractivity contribution in [3.63, 3.8) is 0 Å². The molecule has 14 heavy (non-hydrogen) atoms. The highest BCUT2D eigenvalue weighted by atomic mass is 14.9. The zero-order valence-electron chi connectivity index (χ0n) is 9.09. The molecule has 1 heteroatoms. The van der Waals surface area contributed by atoms with Gasteiger partial charge in [-0.3, -0.25) is 0 Å². The lowest BCUT2D eigenvalue weighted by molar-refractivity contribution is 0.333. The summed E-state index contributed by atoms with van der Waals surface area (Å²) in [6.45, 7) is 5.65. The third kappa shape index (κ3) is 2.16. The van der Waals surface area contributed by atoms with Gasteiger partial charge in [-0.05, 0) is 37.8 Å². The van der Waals surface area contributed by atoms with E-state index in [1.54, 1.807) is 0 Å². The zero-order chi connectivity index (χ0) is 9.97. The van der Waals surface area contributed by atoms with Gasteiger partial charge in [0.25, 0.3) is 0 Å². The summed E-state index contributed by atoms with van der Waals surface area (Å²) in [5, 5.41) is 3.61. The van der Waals surface area contributed by atoms with Gasteiger partial charge in [-0.15, -0.1) is 0 Å². The topological polar surface area (TPSA) is 12.0 Å². The Morgan fingerprint density at radius 3 is 2.79 bits per heavy atom. The number of piperidine rings is 1. The quantitative estimate of drug-likeness (QED) is 0.716. The Morgan fingerprint density at radius 2 is 2.14 bits per heavy atom. The lowest BCUT2D eigenvalue weighted by Crippen LogP contribution is -2.31. The molecule has 2 atom stereocenters. The zero-order valence-corrected chi connectivity index (χ0v) is 9.09. The Morgan fingerprint density at radius 1 is 1.29 bits per heavy atom. The van der Waals surface area contributed by atoms with Crippen LogP contribution in [0.3, 0.4) is 0 Å². The molecule has 0 amide bonds. The molecule has 1 aliphatic heterocycles. The first-order valence-electron chi connectivity index (χ1n) is 5.55. The molecule has 0 spiro atoms. The highest BCUT2D eigenvalue weighted by Gasteiger charge is 2.18. The molecule has 0 aromatic heterocycles. The van der Waals surface area contributed by atoms with E-state index >= 15 is 0 Å². The first-order chi connectivity index (χ1) is 6.75. The first kappa shape index (κ1) is 9.72. The largest absolute Gasteiger partial charge is 0.310 e. The molecule has 1 heterocycles. The average Bonchev–Trinajstić information content (AvgIpc) is 2.19. The third-order valence-corrected chi connectivity index (χ3v) is 3.11. The van der Waals surface area contributed by atoms with E-state index in [1.807, 2.05) is 0 Å². The van der Waals surface area contributed by atoms with Crippen molar-refractivity contribution in [1.82, 2.24) is 5.32 Å². The minimum Gasteiger partial charge on any atom is -0.310 e. The molecule has 1 aromatic carbocycles. The van der Waals surface area contributed by atoms with E-state index in [0.29, 0.717) is 6.04 Å². The van der Waals surface area contributed by atoms with Crippen molar-refractivity contribution in [2.75, 3.05) is 6.54 Å². The third-order valence-electron chi connectivity index (χ3n) is 3.11. The van der Waals surface area contributed by atoms with Crippen LogP contribution in [0.25, 0.3) is 0 Å². The van der Waals surface area contributed by atoms with Gasteiger partial charge in [0, 0.05) is 6.04 Å². The van der Waals surface area contributed by atoms with Crippen molar-refractivity contribution in [3.8, 4) is 0 Å². The highest BCUT2D eigenvalue weighted by Crippen LogP contribution is 2.25. The first-order valence-corrected chi connectivity index (χ1v) is 5.55. The normalized spacial score (nSPS) is 27.6. The van der Waals surface area contributed by atoms with E-state index in [1.165, 1.54) is 30.5 Å². The Bertz CT molecular complexity index is 298. The van der Waals surface area contributed by atoms with Gasteiger partial charge >= 0.3 is 0 Å². The van der Waals surface area contributed by atoms with Gasteiger partial charge in [-0.2, -0.15) is 0 Å². The fraction of sp³-hybridized carbons (Fsp3) is 0.538. The maximum atomic E-state index is 3.61. The van der Waals surface area contributed by atoms with E-state index in [9.17, 15) is 0 Å². The summed E-state index contributed by atoms with van der Waals surface area (Å²) in [6.07, 6.45) is 2.64. The highest BCUT2D eigenvalue weighted by molar-refractivity contribution is 5.25. The van der Waals surface area contributed by atoms with Crippen LogP contribution in [0.4, 0.5) is 0 Å². The van der Waals surface area contributed by atoms with E-state index < -0.39 is 0 Å². The molecule has 1 N–H and O–H groups in total. The summed E-state index contributed by atoms with van der Waals surface area (Å²) in [5.41, 5.74) is 2.82. The van der Waals surface area contributed by atoms with Crippen LogP contribution in [0.2, 0.25) is 0 Å². The monoisotopic (exact) mass is 189 g/mol. The van der Waals surface area contributed by atoms with Gasteiger partial charge in [0.15, 0.2) is 0 Å². The van der Waals surface area contributed by atoms with Crippen molar-refractivity contribution in [1.29, 1.82) is 0 Å². The molecular formula is C13H19N. The second kappa shape index (κ2) is 4.14. The molecule has 1 nitrogen and oxygen atoms in total. The van der Waals surface area contributed by atoms with Gasteiger partial charge < -0.3 is 5.32 Å². The van der Waals surface area contributed by atoms with Crippen LogP contribution in [-0.2, 0) is 0 Å². The number of hydrogen-bond acceptors (Lipinski definition) is 1. The van der Waals surface area contributed by atoms with Crippen LogP contribution in [0, 0.1) is 12.8 Å². The molecule has 0 saturated carbocycles. The molecule has 2 rings (SSSR count). The summed E-state index contributed by atoms with van der Waals surface area (Å²) < 4.78 is 0. The standard InChI is InChI=1S/C13H19N/c1-10-4-3-5-12(8-10)13-7-6-11(2)9-14-13/h3-5,8,11,13-14H,6-7,9H2,1-2H3. The van der Waals surface area contributed by atoms with Crippen molar-refractivity contribution < 1.29 is 0 Å². The molecule has 76 valence electrons. The van der Waals surface area contributed by atoms with Crippen molar-refractivity contribution >= 4 is 0 Å². The molecule has 1 fully saturated rings. The molecular weight excluding hydrogens is 170 g/mol. The van der Waals surface area contributed by atoms with E-state index in [0.717, 1.165) is 5.92 Å².